The van der Waals surface area contributed by atoms with Crippen LogP contribution < -0.4 is 9.64 Å². The van der Waals surface area contributed by atoms with Crippen LogP contribution in [0.15, 0.2) is 94.4 Å². The molecule has 0 saturated carbocycles. The summed E-state index contributed by atoms with van der Waals surface area (Å²) in [6, 6.07) is 24.8. The smallest absolute Gasteiger partial charge is 0.283 e. The molecule has 0 bridgehead atoms. The molecule has 0 spiro atoms. The van der Waals surface area contributed by atoms with Gasteiger partial charge >= 0.3 is 0 Å². The number of ether oxygens (including phenoxy) is 1. The molecule has 2 heterocycles. The van der Waals surface area contributed by atoms with Crippen LogP contribution in [-0.4, -0.2) is 54.4 Å². The average Bonchev–Trinajstić information content (AvgIpc) is 3.16. The maximum atomic E-state index is 13.8. The summed E-state index contributed by atoms with van der Waals surface area (Å²) in [5, 5.41) is 0.623. The minimum absolute atomic E-state index is 0.290. The normalized spacial score (nSPS) is 16.6. The Kier molecular flexibility index (Phi) is 7.84. The van der Waals surface area contributed by atoms with Gasteiger partial charge in [-0.25, -0.2) is 4.90 Å². The lowest BCUT2D eigenvalue weighted by molar-refractivity contribution is -0.121. The van der Waals surface area contributed by atoms with Crippen LogP contribution in [0, 0.1) is 0 Å². The van der Waals surface area contributed by atoms with E-state index >= 15 is 0 Å². The van der Waals surface area contributed by atoms with Crippen LogP contribution >= 0.6 is 23.4 Å². The Labute approximate surface area is 226 Å². The Bertz CT molecular complexity index is 1290. The number of thioether (sulfide) groups is 1. The first-order valence-electron chi connectivity index (χ1n) is 12.3. The van der Waals surface area contributed by atoms with Crippen molar-refractivity contribution in [1.29, 1.82) is 0 Å². The van der Waals surface area contributed by atoms with Crippen molar-refractivity contribution in [3.8, 4) is 5.75 Å². The van der Waals surface area contributed by atoms with Crippen molar-refractivity contribution in [3.05, 3.63) is 100 Å². The van der Waals surface area contributed by atoms with E-state index < -0.39 is 0 Å². The fraction of sp³-hybridized carbons (Fsp3) is 0.241. The lowest BCUT2D eigenvalue weighted by Gasteiger charge is -2.36. The predicted octanol–water partition coefficient (Wildman–Crippen LogP) is 5.43. The van der Waals surface area contributed by atoms with E-state index in [2.05, 4.69) is 34.1 Å². The van der Waals surface area contributed by atoms with Crippen molar-refractivity contribution in [3.63, 3.8) is 0 Å². The molecule has 5 rings (SSSR count). The first-order chi connectivity index (χ1) is 18.0. The van der Waals surface area contributed by atoms with Crippen LogP contribution in [-0.2, 0) is 16.1 Å². The van der Waals surface area contributed by atoms with Gasteiger partial charge in [0.15, 0.2) is 0 Å². The zero-order valence-corrected chi connectivity index (χ0v) is 22.2. The van der Waals surface area contributed by atoms with Gasteiger partial charge in [0, 0.05) is 42.6 Å². The second-order valence-electron chi connectivity index (χ2n) is 8.86. The molecule has 3 aromatic rings. The number of nitrogens with zero attached hydrogens (tertiary/aromatic N) is 3. The largest absolute Gasteiger partial charge is 0.494 e. The maximum absolute atomic E-state index is 13.8. The van der Waals surface area contributed by atoms with Crippen LogP contribution in [0.3, 0.4) is 0 Å². The van der Waals surface area contributed by atoms with Gasteiger partial charge in [0.05, 0.1) is 12.3 Å². The molecule has 37 heavy (non-hydrogen) atoms. The Hall–Kier alpha value is -3.26. The molecule has 0 radical (unpaired) electrons. The molecule has 3 aromatic carbocycles. The van der Waals surface area contributed by atoms with Crippen molar-refractivity contribution in [2.24, 2.45) is 0 Å². The Morgan fingerprint density at radius 3 is 2.16 bits per heavy atom. The van der Waals surface area contributed by atoms with Gasteiger partial charge < -0.3 is 9.64 Å². The summed E-state index contributed by atoms with van der Waals surface area (Å²) in [7, 11) is 0. The Morgan fingerprint density at radius 1 is 0.838 bits per heavy atom. The highest BCUT2D eigenvalue weighted by atomic mass is 35.5. The van der Waals surface area contributed by atoms with E-state index in [-0.39, 0.29) is 11.8 Å². The quantitative estimate of drug-likeness (QED) is 0.360. The summed E-state index contributed by atoms with van der Waals surface area (Å²) in [5.41, 5.74) is 2.27. The van der Waals surface area contributed by atoms with E-state index in [4.69, 9.17) is 16.3 Å². The second-order valence-corrected chi connectivity index (χ2v) is 10.4. The fourth-order valence-electron chi connectivity index (χ4n) is 4.55. The van der Waals surface area contributed by atoms with Crippen LogP contribution in [0.25, 0.3) is 0 Å². The summed E-state index contributed by atoms with van der Waals surface area (Å²) in [4.78, 5) is 34.5. The minimum Gasteiger partial charge on any atom is -0.494 e. The van der Waals surface area contributed by atoms with Crippen molar-refractivity contribution in [2.45, 2.75) is 18.4 Å². The highest BCUT2D eigenvalue weighted by Crippen LogP contribution is 2.39. The van der Waals surface area contributed by atoms with E-state index in [0.717, 1.165) is 24.5 Å². The van der Waals surface area contributed by atoms with Crippen LogP contribution in [0.5, 0.6) is 5.75 Å². The standard InChI is InChI=1S/C29H28ClN3O3S/c1-2-36-24-12-10-23(11-13-24)33-28(34)26(27(29(33)35)37-25-14-8-22(30)9-15-25)32-18-16-31(17-19-32)20-21-6-4-3-5-7-21/h3-15H,2,16-20H2,1H3. The van der Waals surface area contributed by atoms with Crippen LogP contribution in [0.1, 0.15) is 12.5 Å². The summed E-state index contributed by atoms with van der Waals surface area (Å²) >= 11 is 7.38. The van der Waals surface area contributed by atoms with Gasteiger partial charge in [-0.05, 0) is 61.0 Å². The molecule has 0 atom stereocenters. The Morgan fingerprint density at radius 2 is 1.51 bits per heavy atom. The molecule has 1 saturated heterocycles. The van der Waals surface area contributed by atoms with E-state index in [1.165, 1.54) is 22.2 Å². The lowest BCUT2D eigenvalue weighted by Crippen LogP contribution is -2.47. The summed E-state index contributed by atoms with van der Waals surface area (Å²) in [6.45, 7) is 6.28. The van der Waals surface area contributed by atoms with Gasteiger partial charge in [0.25, 0.3) is 11.8 Å². The second kappa shape index (κ2) is 11.4. The van der Waals surface area contributed by atoms with Gasteiger partial charge in [0.2, 0.25) is 0 Å². The first-order valence-corrected chi connectivity index (χ1v) is 13.5. The van der Waals surface area contributed by atoms with E-state index in [1.807, 2.05) is 25.1 Å². The van der Waals surface area contributed by atoms with Crippen molar-refractivity contribution in [1.82, 2.24) is 9.80 Å². The molecule has 0 aromatic heterocycles. The summed E-state index contributed by atoms with van der Waals surface area (Å²) < 4.78 is 5.53. The van der Waals surface area contributed by atoms with Gasteiger partial charge in [0.1, 0.15) is 16.4 Å². The number of amides is 2. The van der Waals surface area contributed by atoms with Crippen LogP contribution in [0.2, 0.25) is 5.02 Å². The number of halogens is 1. The van der Waals surface area contributed by atoms with Crippen molar-refractivity contribution < 1.29 is 14.3 Å². The molecule has 2 aliphatic heterocycles. The zero-order chi connectivity index (χ0) is 25.8. The van der Waals surface area contributed by atoms with Crippen molar-refractivity contribution in [2.75, 3.05) is 37.7 Å². The summed E-state index contributed by atoms with van der Waals surface area (Å²) in [5.74, 6) is 0.0989. The SMILES string of the molecule is CCOc1ccc(N2C(=O)C(Sc3ccc(Cl)cc3)=C(N3CCN(Cc4ccccc4)CC3)C2=O)cc1. The van der Waals surface area contributed by atoms with E-state index in [1.54, 1.807) is 36.4 Å². The van der Waals surface area contributed by atoms with E-state index in [0.29, 0.717) is 46.8 Å². The molecule has 2 aliphatic rings. The molecule has 190 valence electrons. The lowest BCUT2D eigenvalue weighted by atomic mass is 10.2. The number of hydrogen-bond donors (Lipinski definition) is 0. The number of anilines is 1. The third-order valence-corrected chi connectivity index (χ3v) is 7.73. The molecule has 2 amide bonds. The molecule has 0 unspecified atom stereocenters. The number of hydrogen-bond acceptors (Lipinski definition) is 6. The van der Waals surface area contributed by atoms with Gasteiger partial charge in [-0.15, -0.1) is 0 Å². The topological polar surface area (TPSA) is 53.1 Å². The third kappa shape index (κ3) is 5.69. The van der Waals surface area contributed by atoms with Gasteiger partial charge in [-0.2, -0.15) is 0 Å². The molecule has 1 fully saturated rings. The number of imide groups is 1. The van der Waals surface area contributed by atoms with Crippen molar-refractivity contribution >= 4 is 40.9 Å². The molecular formula is C29H28ClN3O3S. The number of piperazine rings is 1. The van der Waals surface area contributed by atoms with Gasteiger partial charge in [-0.3, -0.25) is 14.5 Å². The number of carbonyl (C=O) groups excluding carboxylic acids is 2. The average molecular weight is 534 g/mol. The Balaban J connectivity index is 1.39. The maximum Gasteiger partial charge on any atom is 0.283 e. The summed E-state index contributed by atoms with van der Waals surface area (Å²) in [6.07, 6.45) is 0. The van der Waals surface area contributed by atoms with E-state index in [9.17, 15) is 9.59 Å². The molecule has 0 N–H and O–H groups in total. The molecule has 0 aliphatic carbocycles. The minimum atomic E-state index is -0.309. The molecule has 6 nitrogen and oxygen atoms in total. The zero-order valence-electron chi connectivity index (χ0n) is 20.6. The number of carbonyl (C=O) groups is 2. The highest BCUT2D eigenvalue weighted by molar-refractivity contribution is 8.04. The molecular weight excluding hydrogens is 506 g/mol. The number of rotatable bonds is 8. The highest BCUT2D eigenvalue weighted by Gasteiger charge is 2.43. The van der Waals surface area contributed by atoms with Gasteiger partial charge in [-0.1, -0.05) is 53.7 Å². The van der Waals surface area contributed by atoms with Crippen LogP contribution in [0.4, 0.5) is 5.69 Å². The monoisotopic (exact) mass is 533 g/mol. The predicted molar refractivity (Wildman–Crippen MR) is 148 cm³/mol. The molecule has 8 heteroatoms. The third-order valence-electron chi connectivity index (χ3n) is 6.40. The number of benzene rings is 3. The first kappa shape index (κ1) is 25.4. The fourth-order valence-corrected chi connectivity index (χ4v) is 5.68.